The summed E-state index contributed by atoms with van der Waals surface area (Å²) in [5, 5.41) is 0. The molecule has 9 heteroatoms. The second-order valence-corrected chi connectivity index (χ2v) is 9.77. The number of nitrogens with one attached hydrogen (secondary N) is 1. The van der Waals surface area contributed by atoms with Gasteiger partial charge in [-0.2, -0.15) is 0 Å². The van der Waals surface area contributed by atoms with E-state index in [1.807, 2.05) is 19.0 Å². The fourth-order valence-corrected chi connectivity index (χ4v) is 2.97. The van der Waals surface area contributed by atoms with Crippen molar-refractivity contribution < 1.29 is 22.7 Å². The fraction of sp³-hybridized carbons (Fsp3) is 0.579. The first-order valence-corrected chi connectivity index (χ1v) is 10.8. The smallest absolute Gasteiger partial charge is 0.326 e. The van der Waals surface area contributed by atoms with E-state index in [1.165, 1.54) is 11.0 Å². The van der Waals surface area contributed by atoms with E-state index in [0.29, 0.717) is 29.9 Å². The van der Waals surface area contributed by atoms with Crippen molar-refractivity contribution in [3.05, 3.63) is 29.3 Å². The van der Waals surface area contributed by atoms with Gasteiger partial charge in [-0.15, -0.1) is 0 Å². The largest absolute Gasteiger partial charge is 0.459 e. The molecule has 1 aromatic rings. The zero-order valence-electron chi connectivity index (χ0n) is 17.7. The lowest BCUT2D eigenvalue weighted by Crippen LogP contribution is -2.42. The Morgan fingerprint density at radius 2 is 1.75 bits per heavy atom. The van der Waals surface area contributed by atoms with Crippen molar-refractivity contribution in [2.75, 3.05) is 44.7 Å². The van der Waals surface area contributed by atoms with Gasteiger partial charge in [0.25, 0.3) is 5.91 Å². The Bertz CT molecular complexity index is 813. The number of aryl methyl sites for hydroxylation is 1. The number of carbonyl (C=O) groups is 2. The quantitative estimate of drug-likeness (QED) is 0.652. The van der Waals surface area contributed by atoms with Crippen LogP contribution in [-0.2, 0) is 19.6 Å². The average Bonchev–Trinajstić information content (AvgIpc) is 2.49. The third-order valence-corrected chi connectivity index (χ3v) is 4.21. The number of carbonyl (C=O) groups excluding carboxylic acids is 2. The molecule has 1 N–H and O–H groups in total. The van der Waals surface area contributed by atoms with Crippen LogP contribution in [0.5, 0.6) is 0 Å². The molecule has 0 spiro atoms. The minimum atomic E-state index is -3.48. The number of amides is 1. The van der Waals surface area contributed by atoms with Gasteiger partial charge in [-0.05, 0) is 59.5 Å². The van der Waals surface area contributed by atoms with Crippen LogP contribution in [0.1, 0.15) is 36.7 Å². The van der Waals surface area contributed by atoms with Gasteiger partial charge in [0, 0.05) is 18.7 Å². The summed E-state index contributed by atoms with van der Waals surface area (Å²) in [4.78, 5) is 28.6. The van der Waals surface area contributed by atoms with E-state index in [9.17, 15) is 18.0 Å². The lowest BCUT2D eigenvalue weighted by molar-refractivity contribution is -0.155. The first-order valence-electron chi connectivity index (χ1n) is 8.92. The normalized spacial score (nSPS) is 12.0. The van der Waals surface area contributed by atoms with Crippen LogP contribution < -0.4 is 4.72 Å². The Hall–Kier alpha value is -2.13. The number of benzene rings is 1. The molecular weight excluding hydrogens is 382 g/mol. The maximum Gasteiger partial charge on any atom is 0.326 e. The summed E-state index contributed by atoms with van der Waals surface area (Å²) < 4.78 is 30.8. The molecule has 1 aromatic carbocycles. The van der Waals surface area contributed by atoms with E-state index in [2.05, 4.69) is 4.72 Å². The van der Waals surface area contributed by atoms with Crippen LogP contribution in [0, 0.1) is 6.92 Å². The molecule has 0 aliphatic heterocycles. The number of rotatable bonds is 8. The molecule has 8 nitrogen and oxygen atoms in total. The molecule has 1 amide bonds. The van der Waals surface area contributed by atoms with Crippen molar-refractivity contribution >= 4 is 27.6 Å². The molecule has 0 saturated carbocycles. The Kier molecular flexibility index (Phi) is 8.01. The monoisotopic (exact) mass is 413 g/mol. The maximum atomic E-state index is 13.0. The van der Waals surface area contributed by atoms with Crippen LogP contribution in [-0.4, -0.2) is 75.7 Å². The van der Waals surface area contributed by atoms with Crippen LogP contribution in [0.25, 0.3) is 0 Å². The summed E-state index contributed by atoms with van der Waals surface area (Å²) in [5.74, 6) is -0.870. The number of nitrogens with zero attached hydrogens (tertiary/aromatic N) is 2. The van der Waals surface area contributed by atoms with E-state index in [4.69, 9.17) is 4.74 Å². The number of ether oxygens (including phenoxy) is 1. The highest BCUT2D eigenvalue weighted by Gasteiger charge is 2.23. The SMILES string of the molecule is Cc1ccc(C(=O)N(CCN(C)C)CC(=O)OC(C)(C)C)cc1NS(C)(=O)=O. The van der Waals surface area contributed by atoms with Gasteiger partial charge in [0.05, 0.1) is 11.9 Å². The zero-order chi connectivity index (χ0) is 21.7. The van der Waals surface area contributed by atoms with Gasteiger partial charge in [0.15, 0.2) is 0 Å². The van der Waals surface area contributed by atoms with E-state index < -0.39 is 21.6 Å². The van der Waals surface area contributed by atoms with Gasteiger partial charge in [-0.1, -0.05) is 6.07 Å². The molecule has 0 heterocycles. The van der Waals surface area contributed by atoms with Crippen molar-refractivity contribution in [3.63, 3.8) is 0 Å². The Labute approximate surface area is 167 Å². The maximum absolute atomic E-state index is 13.0. The van der Waals surface area contributed by atoms with Crippen LogP contribution >= 0.6 is 0 Å². The molecule has 158 valence electrons. The minimum absolute atomic E-state index is 0.188. The lowest BCUT2D eigenvalue weighted by atomic mass is 10.1. The highest BCUT2D eigenvalue weighted by Crippen LogP contribution is 2.19. The summed E-state index contributed by atoms with van der Waals surface area (Å²) in [6.45, 7) is 7.74. The van der Waals surface area contributed by atoms with Crippen LogP contribution in [0.15, 0.2) is 18.2 Å². The van der Waals surface area contributed by atoms with Crippen LogP contribution in [0.2, 0.25) is 0 Å². The third kappa shape index (κ3) is 8.71. The molecule has 0 fully saturated rings. The zero-order valence-corrected chi connectivity index (χ0v) is 18.5. The third-order valence-electron chi connectivity index (χ3n) is 3.62. The summed E-state index contributed by atoms with van der Waals surface area (Å²) >= 11 is 0. The molecule has 0 atom stereocenters. The molecule has 0 aliphatic carbocycles. The first kappa shape index (κ1) is 23.9. The Morgan fingerprint density at radius 3 is 2.25 bits per heavy atom. The lowest BCUT2D eigenvalue weighted by Gasteiger charge is -2.26. The molecular formula is C19H31N3O5S. The Balaban J connectivity index is 3.10. The summed E-state index contributed by atoms with van der Waals surface area (Å²) in [6, 6.07) is 4.76. The van der Waals surface area contributed by atoms with Crippen molar-refractivity contribution in [3.8, 4) is 0 Å². The molecule has 0 unspecified atom stereocenters. The minimum Gasteiger partial charge on any atom is -0.459 e. The van der Waals surface area contributed by atoms with Gasteiger partial charge < -0.3 is 14.5 Å². The standard InChI is InChI=1S/C19H31N3O5S/c1-14-8-9-15(12-16(14)20-28(7,25)26)18(24)22(11-10-21(5)6)13-17(23)27-19(2,3)4/h8-9,12,20H,10-11,13H2,1-7H3. The molecule has 1 rings (SSSR count). The summed E-state index contributed by atoms with van der Waals surface area (Å²) in [7, 11) is 0.263. The van der Waals surface area contributed by atoms with Crippen LogP contribution in [0.3, 0.4) is 0 Å². The van der Waals surface area contributed by atoms with E-state index in [0.717, 1.165) is 6.26 Å². The predicted molar refractivity (Wildman–Crippen MR) is 110 cm³/mol. The van der Waals surface area contributed by atoms with Gasteiger partial charge in [-0.3, -0.25) is 14.3 Å². The topological polar surface area (TPSA) is 96.0 Å². The summed E-state index contributed by atoms with van der Waals surface area (Å²) in [5.41, 5.74) is 0.662. The van der Waals surface area contributed by atoms with E-state index in [1.54, 1.807) is 39.8 Å². The van der Waals surface area contributed by atoms with Gasteiger partial charge in [0.1, 0.15) is 12.1 Å². The summed E-state index contributed by atoms with van der Waals surface area (Å²) in [6.07, 6.45) is 1.05. The van der Waals surface area contributed by atoms with Gasteiger partial charge in [0.2, 0.25) is 10.0 Å². The highest BCUT2D eigenvalue weighted by atomic mass is 32.2. The number of likely N-dealkylation sites (N-methyl/N-ethyl adjacent to an activating group) is 1. The number of hydrogen-bond acceptors (Lipinski definition) is 6. The van der Waals surface area contributed by atoms with Crippen LogP contribution in [0.4, 0.5) is 5.69 Å². The number of anilines is 1. The van der Waals surface area contributed by atoms with Crippen molar-refractivity contribution in [1.29, 1.82) is 0 Å². The average molecular weight is 414 g/mol. The van der Waals surface area contributed by atoms with Gasteiger partial charge >= 0.3 is 5.97 Å². The van der Waals surface area contributed by atoms with Crippen molar-refractivity contribution in [2.45, 2.75) is 33.3 Å². The Morgan fingerprint density at radius 1 is 1.14 bits per heavy atom. The molecule has 28 heavy (non-hydrogen) atoms. The fourth-order valence-electron chi connectivity index (χ4n) is 2.35. The van der Waals surface area contributed by atoms with Crippen molar-refractivity contribution in [1.82, 2.24) is 9.80 Å². The molecule has 0 aliphatic rings. The first-order chi connectivity index (χ1) is 12.7. The molecule has 0 radical (unpaired) electrons. The number of hydrogen-bond donors (Lipinski definition) is 1. The molecule has 0 bridgehead atoms. The molecule has 0 saturated heterocycles. The van der Waals surface area contributed by atoms with Crippen molar-refractivity contribution in [2.24, 2.45) is 0 Å². The second kappa shape index (κ2) is 9.38. The van der Waals surface area contributed by atoms with E-state index in [-0.39, 0.29) is 12.5 Å². The molecule has 0 aromatic heterocycles. The van der Waals surface area contributed by atoms with Gasteiger partial charge in [-0.25, -0.2) is 8.42 Å². The second-order valence-electron chi connectivity index (χ2n) is 8.02. The van der Waals surface area contributed by atoms with E-state index >= 15 is 0 Å². The number of esters is 1. The number of sulfonamides is 1. The predicted octanol–water partition coefficient (Wildman–Crippen LogP) is 1.71. The highest BCUT2D eigenvalue weighted by molar-refractivity contribution is 7.92.